The molecule has 0 unspecified atom stereocenters. The number of nitrogens with one attached hydrogen (secondary N) is 2. The van der Waals surface area contributed by atoms with E-state index < -0.39 is 12.1 Å². The second-order valence-corrected chi connectivity index (χ2v) is 10.6. The fraction of sp³-hybridized carbons (Fsp3) is 0.103. The Morgan fingerprint density at radius 1 is 0.784 bits per heavy atom. The van der Waals surface area contributed by atoms with Crippen LogP contribution in [0.15, 0.2) is 97.1 Å². The monoisotopic (exact) mass is 718 g/mol. The van der Waals surface area contributed by atoms with Gasteiger partial charge in [0.15, 0.2) is 0 Å². The lowest BCUT2D eigenvalue weighted by Crippen LogP contribution is -2.45. The Hall–Kier alpha value is -3.12. The summed E-state index contributed by atoms with van der Waals surface area (Å²) in [7, 11) is 0. The summed E-state index contributed by atoms with van der Waals surface area (Å²) < 4.78 is 6.69. The number of rotatable bonds is 8. The normalized spacial score (nSPS) is 11.4. The van der Waals surface area contributed by atoms with Crippen LogP contribution in [0.4, 0.5) is 10.5 Å². The van der Waals surface area contributed by atoms with Crippen LogP contribution < -0.4 is 10.6 Å². The summed E-state index contributed by atoms with van der Waals surface area (Å²) in [6, 6.07) is 29.5. The van der Waals surface area contributed by atoms with E-state index in [1.807, 2.05) is 130 Å². The molecule has 0 heterocycles. The average molecular weight is 718 g/mol. The van der Waals surface area contributed by atoms with E-state index in [0.717, 1.165) is 22.3 Å². The molecule has 2 amide bonds. The Labute approximate surface area is 242 Å². The minimum atomic E-state index is -0.895. The number of halogens is 2. The number of amides is 2. The van der Waals surface area contributed by atoms with Gasteiger partial charge >= 0.3 is 6.09 Å². The van der Waals surface area contributed by atoms with Gasteiger partial charge in [-0.2, -0.15) is 0 Å². The van der Waals surface area contributed by atoms with Gasteiger partial charge in [-0.1, -0.05) is 72.8 Å². The SMILES string of the molecule is O=C(N[C@H](Cc1cc(I)c(O)c(I)c1)C(=O)Nc1ccc(-c2ccccc2)cc1)OCc1ccccc1. The lowest BCUT2D eigenvalue weighted by Gasteiger charge is -2.19. The van der Waals surface area contributed by atoms with Crippen LogP contribution >= 0.6 is 45.2 Å². The fourth-order valence-electron chi connectivity index (χ4n) is 3.69. The molecule has 4 rings (SSSR count). The van der Waals surface area contributed by atoms with Crippen molar-refractivity contribution in [2.45, 2.75) is 19.1 Å². The quantitative estimate of drug-likeness (QED) is 0.176. The molecule has 0 aromatic heterocycles. The molecule has 8 heteroatoms. The summed E-state index contributed by atoms with van der Waals surface area (Å²) in [6.45, 7) is 0.0942. The fourth-order valence-corrected chi connectivity index (χ4v) is 5.59. The standard InChI is InChI=1S/C29H24I2N2O4/c30-24-15-20(16-25(31)27(24)34)17-26(33-29(36)37-18-19-7-3-1-4-8-19)28(35)32-23-13-11-22(12-14-23)21-9-5-2-6-10-21/h1-16,26,34H,17-18H2,(H,32,35)(H,33,36)/t26-/m1/s1. The molecule has 3 N–H and O–H groups in total. The predicted molar refractivity (Wildman–Crippen MR) is 161 cm³/mol. The van der Waals surface area contributed by atoms with Crippen LogP contribution in [0.5, 0.6) is 5.75 Å². The lowest BCUT2D eigenvalue weighted by atomic mass is 10.0. The van der Waals surface area contributed by atoms with Gasteiger partial charge in [-0.15, -0.1) is 0 Å². The maximum atomic E-state index is 13.3. The third-order valence-electron chi connectivity index (χ3n) is 5.60. The van der Waals surface area contributed by atoms with Crippen LogP contribution in [0.3, 0.4) is 0 Å². The van der Waals surface area contributed by atoms with Crippen molar-refractivity contribution >= 4 is 62.9 Å². The van der Waals surface area contributed by atoms with Crippen LogP contribution in [0.25, 0.3) is 11.1 Å². The van der Waals surface area contributed by atoms with E-state index in [4.69, 9.17) is 4.74 Å². The summed E-state index contributed by atoms with van der Waals surface area (Å²) in [4.78, 5) is 25.9. The van der Waals surface area contributed by atoms with E-state index in [1.165, 1.54) is 0 Å². The van der Waals surface area contributed by atoms with Crippen LogP contribution in [0, 0.1) is 7.14 Å². The van der Waals surface area contributed by atoms with E-state index in [1.54, 1.807) is 12.1 Å². The first-order valence-electron chi connectivity index (χ1n) is 11.5. The number of ether oxygens (including phenoxy) is 1. The summed E-state index contributed by atoms with van der Waals surface area (Å²) in [5.74, 6) is -0.179. The Bertz CT molecular complexity index is 1340. The third kappa shape index (κ3) is 7.68. The molecule has 0 saturated carbocycles. The number of carbonyl (C=O) groups excluding carboxylic acids is 2. The van der Waals surface area contributed by atoms with Gasteiger partial charge in [-0.3, -0.25) is 4.79 Å². The topological polar surface area (TPSA) is 87.7 Å². The van der Waals surface area contributed by atoms with Crippen molar-refractivity contribution in [3.05, 3.63) is 115 Å². The smallest absolute Gasteiger partial charge is 0.408 e. The zero-order chi connectivity index (χ0) is 26.2. The van der Waals surface area contributed by atoms with Crippen molar-refractivity contribution in [1.29, 1.82) is 0 Å². The van der Waals surface area contributed by atoms with Gasteiger partial charge in [0.05, 0.1) is 7.14 Å². The van der Waals surface area contributed by atoms with Crippen LogP contribution in [0.2, 0.25) is 0 Å². The molecule has 0 spiro atoms. The molecule has 0 aliphatic heterocycles. The predicted octanol–water partition coefficient (Wildman–Crippen LogP) is 6.74. The first-order chi connectivity index (χ1) is 17.9. The molecular formula is C29H24I2N2O4. The molecule has 0 fully saturated rings. The van der Waals surface area contributed by atoms with Crippen LogP contribution in [0.1, 0.15) is 11.1 Å². The van der Waals surface area contributed by atoms with Crippen molar-refractivity contribution in [2.75, 3.05) is 5.32 Å². The number of phenols is 1. The molecule has 188 valence electrons. The molecule has 1 atom stereocenters. The maximum absolute atomic E-state index is 13.3. The third-order valence-corrected chi connectivity index (χ3v) is 7.24. The number of hydrogen-bond acceptors (Lipinski definition) is 4. The zero-order valence-corrected chi connectivity index (χ0v) is 24.0. The average Bonchev–Trinajstić information content (AvgIpc) is 2.91. The lowest BCUT2D eigenvalue weighted by molar-refractivity contribution is -0.118. The van der Waals surface area contributed by atoms with E-state index in [2.05, 4.69) is 10.6 Å². The first kappa shape index (κ1) is 26.9. The molecule has 37 heavy (non-hydrogen) atoms. The van der Waals surface area contributed by atoms with Gasteiger partial charge in [-0.25, -0.2) is 4.79 Å². The van der Waals surface area contributed by atoms with E-state index in [9.17, 15) is 14.7 Å². The van der Waals surface area contributed by atoms with Gasteiger partial charge in [-0.05, 0) is 91.7 Å². The van der Waals surface area contributed by atoms with Gasteiger partial charge in [0.25, 0.3) is 0 Å². The van der Waals surface area contributed by atoms with Crippen molar-refractivity contribution in [2.24, 2.45) is 0 Å². The molecule has 0 bridgehead atoms. The van der Waals surface area contributed by atoms with E-state index in [0.29, 0.717) is 12.8 Å². The molecule has 6 nitrogen and oxygen atoms in total. The highest BCUT2D eigenvalue weighted by molar-refractivity contribution is 14.1. The van der Waals surface area contributed by atoms with Crippen molar-refractivity contribution in [3.63, 3.8) is 0 Å². The first-order valence-corrected chi connectivity index (χ1v) is 13.7. The number of carbonyl (C=O) groups is 2. The van der Waals surface area contributed by atoms with Crippen LogP contribution in [-0.4, -0.2) is 23.1 Å². The molecule has 0 aliphatic rings. The molecule has 4 aromatic carbocycles. The highest BCUT2D eigenvalue weighted by Crippen LogP contribution is 2.28. The van der Waals surface area contributed by atoms with Gasteiger partial charge in [0, 0.05) is 12.1 Å². The number of benzene rings is 4. The number of alkyl carbamates (subject to hydrolysis) is 1. The molecule has 0 aliphatic carbocycles. The Morgan fingerprint density at radius 2 is 1.35 bits per heavy atom. The second kappa shape index (κ2) is 12.9. The molecule has 0 radical (unpaired) electrons. The number of anilines is 1. The highest BCUT2D eigenvalue weighted by Gasteiger charge is 2.23. The van der Waals surface area contributed by atoms with Crippen molar-refractivity contribution in [1.82, 2.24) is 5.32 Å². The summed E-state index contributed by atoms with van der Waals surface area (Å²) >= 11 is 4.09. The molecular weight excluding hydrogens is 694 g/mol. The minimum Gasteiger partial charge on any atom is -0.506 e. The van der Waals surface area contributed by atoms with Crippen molar-refractivity contribution in [3.8, 4) is 16.9 Å². The molecule has 4 aromatic rings. The Balaban J connectivity index is 1.48. The summed E-state index contributed by atoms with van der Waals surface area (Å²) in [5.41, 5.74) is 4.38. The second-order valence-electron chi connectivity index (χ2n) is 8.30. The van der Waals surface area contributed by atoms with E-state index >= 15 is 0 Å². The Kier molecular flexibility index (Phi) is 9.40. The van der Waals surface area contributed by atoms with Crippen LogP contribution in [-0.2, 0) is 22.6 Å². The number of aromatic hydroxyl groups is 1. The van der Waals surface area contributed by atoms with Gasteiger partial charge in [0.1, 0.15) is 18.4 Å². The maximum Gasteiger partial charge on any atom is 0.408 e. The van der Waals surface area contributed by atoms with Gasteiger partial charge < -0.3 is 20.5 Å². The van der Waals surface area contributed by atoms with E-state index in [-0.39, 0.29) is 24.7 Å². The summed E-state index contributed by atoms with van der Waals surface area (Å²) in [5, 5.41) is 15.7. The number of hydrogen-bond donors (Lipinski definition) is 3. The Morgan fingerprint density at radius 3 is 1.97 bits per heavy atom. The number of phenolic OH excluding ortho intramolecular Hbond substituents is 1. The largest absolute Gasteiger partial charge is 0.506 e. The highest BCUT2D eigenvalue weighted by atomic mass is 127. The molecule has 0 saturated heterocycles. The minimum absolute atomic E-state index is 0.0942. The van der Waals surface area contributed by atoms with Gasteiger partial charge in [0.2, 0.25) is 5.91 Å². The summed E-state index contributed by atoms with van der Waals surface area (Å²) in [6.07, 6.45) is -0.465. The van der Waals surface area contributed by atoms with Crippen molar-refractivity contribution < 1.29 is 19.4 Å². The zero-order valence-electron chi connectivity index (χ0n) is 19.7.